The number of esters is 2. The zero-order chi connectivity index (χ0) is 56.1. The molecule has 3 amide bonds. The number of hydrogen-bond donors (Lipinski definition) is 3. The topological polar surface area (TPSA) is 269 Å². The Morgan fingerprint density at radius 2 is 1.09 bits per heavy atom. The highest BCUT2D eigenvalue weighted by molar-refractivity contribution is 7.08. The summed E-state index contributed by atoms with van der Waals surface area (Å²) in [6.07, 6.45) is 5.39. The van der Waals surface area contributed by atoms with Crippen molar-refractivity contribution in [3.8, 4) is 23.6 Å². The molecule has 24 heteroatoms. The summed E-state index contributed by atoms with van der Waals surface area (Å²) in [6.45, 7) is 20.5. The fraction of sp³-hybridized carbons (Fsp3) is 0.377. The third-order valence-electron chi connectivity index (χ3n) is 11.1. The maximum atomic E-state index is 12.9. The first kappa shape index (κ1) is 59.4. The molecule has 3 N–H and O–H groups in total. The number of benzene rings is 2. The first-order valence-electron chi connectivity index (χ1n) is 24.4. The summed E-state index contributed by atoms with van der Waals surface area (Å²) in [5.74, 6) is -0.961. The van der Waals surface area contributed by atoms with E-state index in [4.69, 9.17) is 23.7 Å². The molecule has 0 aliphatic carbocycles. The molecule has 0 spiro atoms. The molecule has 0 radical (unpaired) electrons. The lowest BCUT2D eigenvalue weighted by molar-refractivity contribution is -0.136. The number of hydrogen-bond acceptors (Lipinski definition) is 19. The van der Waals surface area contributed by atoms with Crippen LogP contribution in [0.2, 0.25) is 0 Å². The number of carbonyl (C=O) groups excluding carboxylic acids is 5. The normalized spacial score (nSPS) is 14.6. The van der Waals surface area contributed by atoms with Crippen LogP contribution in [0, 0.1) is 22.7 Å². The number of nitrogens with zero attached hydrogens (tertiary/aromatic N) is 7. The van der Waals surface area contributed by atoms with Crippen LogP contribution in [0.25, 0.3) is 23.5 Å². The fourth-order valence-electron chi connectivity index (χ4n) is 7.26. The zero-order valence-corrected chi connectivity index (χ0v) is 45.2. The zero-order valence-electron chi connectivity index (χ0n) is 43.6. The second-order valence-corrected chi connectivity index (χ2v) is 19.6. The largest absolute Gasteiger partial charge is 0.484 e. The summed E-state index contributed by atoms with van der Waals surface area (Å²) >= 11 is 2.01. The van der Waals surface area contributed by atoms with Gasteiger partial charge in [0.15, 0.2) is 24.4 Å². The Labute approximate surface area is 452 Å². The maximum Gasteiger partial charge on any atom is 0.410 e. The molecule has 2 aliphatic rings. The van der Waals surface area contributed by atoms with Gasteiger partial charge < -0.3 is 54.3 Å². The summed E-state index contributed by atoms with van der Waals surface area (Å²) in [5, 5.41) is 28.3. The molecule has 4 aromatic rings. The predicted molar refractivity (Wildman–Crippen MR) is 291 cm³/mol. The Kier molecular flexibility index (Phi) is 22.4. The van der Waals surface area contributed by atoms with Gasteiger partial charge >= 0.3 is 18.0 Å². The summed E-state index contributed by atoms with van der Waals surface area (Å²) in [7, 11) is 0. The number of carbonyl (C=O) groups is 5. The molecule has 2 aromatic heterocycles. The van der Waals surface area contributed by atoms with Gasteiger partial charge in [-0.25, -0.2) is 14.4 Å². The van der Waals surface area contributed by atoms with E-state index >= 15 is 0 Å². The van der Waals surface area contributed by atoms with Crippen molar-refractivity contribution in [1.29, 1.82) is 10.5 Å². The van der Waals surface area contributed by atoms with Crippen LogP contribution in [0.4, 0.5) is 16.2 Å². The summed E-state index contributed by atoms with van der Waals surface area (Å²) in [6, 6.07) is 17.6. The van der Waals surface area contributed by atoms with Crippen LogP contribution in [-0.4, -0.2) is 138 Å². The quantitative estimate of drug-likeness (QED) is 0.0726. The minimum absolute atomic E-state index is 0.0362. The number of nitrogens with one attached hydrogen (secondary N) is 3. The molecule has 6 rings (SSSR count). The van der Waals surface area contributed by atoms with Gasteiger partial charge in [-0.15, -0.1) is 22.7 Å². The Hall–Kier alpha value is -8.45. The van der Waals surface area contributed by atoms with E-state index in [0.29, 0.717) is 66.7 Å². The van der Waals surface area contributed by atoms with Crippen molar-refractivity contribution in [2.24, 2.45) is 0 Å². The molecule has 2 saturated heterocycles. The van der Waals surface area contributed by atoms with Crippen LogP contribution in [0.15, 0.2) is 83.4 Å². The lowest BCUT2D eigenvalue weighted by Crippen LogP contribution is -2.52. The number of anilines is 2. The molecule has 2 aromatic carbocycles. The summed E-state index contributed by atoms with van der Waals surface area (Å²) < 4.78 is 30.4. The Bertz CT molecular complexity index is 3270. The number of amides is 3. The van der Waals surface area contributed by atoms with Crippen LogP contribution in [-0.2, 0) is 46.5 Å². The molecule has 0 atom stereocenters. The summed E-state index contributed by atoms with van der Waals surface area (Å²) in [5.41, 5.74) is -0.534. The smallest absolute Gasteiger partial charge is 0.410 e. The first-order valence-corrected chi connectivity index (χ1v) is 26.1. The van der Waals surface area contributed by atoms with Crippen molar-refractivity contribution >= 4 is 87.4 Å². The van der Waals surface area contributed by atoms with E-state index in [9.17, 15) is 44.1 Å². The second kappa shape index (κ2) is 29.0. The van der Waals surface area contributed by atoms with Gasteiger partial charge in [-0.2, -0.15) is 10.5 Å². The number of rotatable bonds is 18. The highest BCUT2D eigenvalue weighted by Gasteiger charge is 2.28. The van der Waals surface area contributed by atoms with Crippen LogP contribution in [0.1, 0.15) is 34.6 Å². The van der Waals surface area contributed by atoms with Crippen molar-refractivity contribution in [3.63, 3.8) is 0 Å². The van der Waals surface area contributed by atoms with E-state index in [1.807, 2.05) is 32.9 Å². The molecule has 77 heavy (non-hydrogen) atoms. The Morgan fingerprint density at radius 3 is 1.48 bits per heavy atom. The number of thiazole rings is 2. The van der Waals surface area contributed by atoms with Crippen LogP contribution < -0.4 is 54.9 Å². The van der Waals surface area contributed by atoms with E-state index < -0.39 is 23.6 Å². The van der Waals surface area contributed by atoms with E-state index in [1.165, 1.54) is 33.7 Å². The number of ether oxygens (including phenoxy) is 5. The molecular weight excluding hydrogens is 1030 g/mol. The average molecular weight is 1100 g/mol. The van der Waals surface area contributed by atoms with Gasteiger partial charge in [-0.05, 0) is 58.9 Å². The summed E-state index contributed by atoms with van der Waals surface area (Å²) in [4.78, 5) is 92.6. The molecule has 0 unspecified atom stereocenters. The van der Waals surface area contributed by atoms with Crippen molar-refractivity contribution in [2.45, 2.75) is 53.3 Å². The molecule has 22 nitrogen and oxygen atoms in total. The van der Waals surface area contributed by atoms with Crippen molar-refractivity contribution in [1.82, 2.24) is 29.2 Å². The fourth-order valence-corrected chi connectivity index (χ4v) is 9.41. The molecule has 0 saturated carbocycles. The van der Waals surface area contributed by atoms with Gasteiger partial charge in [0.25, 0.3) is 22.9 Å². The molecule has 4 heterocycles. The van der Waals surface area contributed by atoms with E-state index in [0.717, 1.165) is 35.8 Å². The third-order valence-corrected chi connectivity index (χ3v) is 13.3. The molecule has 2 fully saturated rings. The van der Waals surface area contributed by atoms with Gasteiger partial charge in [0.05, 0.1) is 0 Å². The van der Waals surface area contributed by atoms with Crippen LogP contribution in [0.5, 0.6) is 11.5 Å². The van der Waals surface area contributed by atoms with Gasteiger partial charge in [0.2, 0.25) is 0 Å². The molecule has 408 valence electrons. The lowest BCUT2D eigenvalue weighted by Gasteiger charge is -2.35. The van der Waals surface area contributed by atoms with Gasteiger partial charge in [0.1, 0.15) is 60.8 Å². The maximum absolute atomic E-state index is 12.9. The van der Waals surface area contributed by atoms with Crippen molar-refractivity contribution in [2.75, 3.05) is 89.4 Å². The Balaban J connectivity index is 0.000000289. The van der Waals surface area contributed by atoms with Gasteiger partial charge in [-0.1, -0.05) is 37.4 Å². The third kappa shape index (κ3) is 17.0. The van der Waals surface area contributed by atoms with Gasteiger partial charge in [-0.3, -0.25) is 28.3 Å². The monoisotopic (exact) mass is 1090 g/mol. The van der Waals surface area contributed by atoms with E-state index in [1.54, 1.807) is 77.1 Å². The average Bonchev–Trinajstić information content (AvgIpc) is 3.93. The SMILES string of the molecule is C=CCOC(=O)C(C#N)=c1sc(=CNc2cccc(OCC(=O)N3CCN(C(=O)OC(C)(C)C)CC3)c2)c(=O)n1CC.C=CCOC(=O)C(C#N)=c1sc(=CNc2cccc(OCC(=O)N3CCNCC3)c2)c(=O)n1CC. The van der Waals surface area contributed by atoms with Crippen molar-refractivity contribution in [3.05, 3.63) is 113 Å². The second-order valence-electron chi connectivity index (χ2n) is 17.6. The first-order chi connectivity index (χ1) is 36.9. The Morgan fingerprint density at radius 1 is 0.675 bits per heavy atom. The lowest BCUT2D eigenvalue weighted by atomic mass is 10.2. The molecular formula is C53H62N10O12S2. The number of piperazine rings is 2. The predicted octanol–water partition coefficient (Wildman–Crippen LogP) is 1.64. The molecule has 2 aliphatic heterocycles. The number of nitriles is 2. The minimum Gasteiger partial charge on any atom is -0.484 e. The van der Waals surface area contributed by atoms with E-state index in [-0.39, 0.29) is 87.5 Å². The highest BCUT2D eigenvalue weighted by Crippen LogP contribution is 2.19. The van der Waals surface area contributed by atoms with Crippen molar-refractivity contribution < 1.29 is 47.7 Å². The van der Waals surface area contributed by atoms with Crippen LogP contribution >= 0.6 is 22.7 Å². The van der Waals surface area contributed by atoms with Crippen LogP contribution in [0.3, 0.4) is 0 Å². The minimum atomic E-state index is -0.829. The number of aromatic nitrogens is 2. The molecule has 0 bridgehead atoms. The van der Waals surface area contributed by atoms with E-state index in [2.05, 4.69) is 29.1 Å². The standard InChI is InChI=1S/C29H35N5O7S.C24H27N5O5S/c1-6-15-39-27(37)22(17-30)26-34(7-2)25(36)23(42-26)18-31-20-9-8-10-21(16-20)40-19-24(35)32-11-13-33(14-12-32)28(38)41-29(3,4)5;1-3-12-33-24(32)19(14-25)23-29(4-2)22(31)20(35-23)15-27-17-6-5-7-18(13-17)34-16-21(30)28-10-8-26-9-11-28/h6,8-10,16,18,31H,1,7,11-15,19H2,2-5H3;3,5-7,13,15,26-27H,1,4,8-12,16H2,2H3. The van der Waals surface area contributed by atoms with Gasteiger partial charge in [0, 0.05) is 101 Å². The highest BCUT2D eigenvalue weighted by atomic mass is 32.1.